The van der Waals surface area contributed by atoms with Crippen LogP contribution in [-0.4, -0.2) is 18.4 Å². The SMILES string of the molecule is COc1ccccc1C=NNC(=S)Nc1cccc2ccccc12. The second-order valence-corrected chi connectivity index (χ2v) is 5.50. The Balaban J connectivity index is 1.68. The van der Waals surface area contributed by atoms with Crippen molar-refractivity contribution in [3.8, 4) is 5.75 Å². The second-order valence-electron chi connectivity index (χ2n) is 5.09. The second kappa shape index (κ2) is 7.57. The van der Waals surface area contributed by atoms with Gasteiger partial charge in [0.05, 0.1) is 13.3 Å². The minimum atomic E-state index is 0.428. The van der Waals surface area contributed by atoms with Crippen molar-refractivity contribution in [1.82, 2.24) is 5.43 Å². The topological polar surface area (TPSA) is 45.6 Å². The molecule has 0 saturated carbocycles. The molecule has 0 heterocycles. The Labute approximate surface area is 146 Å². The molecule has 3 rings (SSSR count). The molecule has 0 aliphatic heterocycles. The number of para-hydroxylation sites is 1. The van der Waals surface area contributed by atoms with Gasteiger partial charge in [0.1, 0.15) is 5.75 Å². The van der Waals surface area contributed by atoms with Gasteiger partial charge in [-0.2, -0.15) is 5.10 Å². The lowest BCUT2D eigenvalue weighted by molar-refractivity contribution is 0.414. The molecule has 0 bridgehead atoms. The van der Waals surface area contributed by atoms with Crippen molar-refractivity contribution in [2.75, 3.05) is 12.4 Å². The van der Waals surface area contributed by atoms with Crippen LogP contribution in [0.5, 0.6) is 5.75 Å². The lowest BCUT2D eigenvalue weighted by Gasteiger charge is -2.10. The van der Waals surface area contributed by atoms with Crippen LogP contribution in [0.15, 0.2) is 71.8 Å². The van der Waals surface area contributed by atoms with Crippen molar-refractivity contribution in [3.63, 3.8) is 0 Å². The zero-order valence-corrected chi connectivity index (χ0v) is 14.0. The predicted molar refractivity (Wildman–Crippen MR) is 104 cm³/mol. The lowest BCUT2D eigenvalue weighted by atomic mass is 10.1. The number of hydrazone groups is 1. The molecule has 2 N–H and O–H groups in total. The first kappa shape index (κ1) is 16.0. The first-order valence-corrected chi connectivity index (χ1v) is 7.89. The van der Waals surface area contributed by atoms with Crippen molar-refractivity contribution < 1.29 is 4.74 Å². The smallest absolute Gasteiger partial charge is 0.191 e. The number of anilines is 1. The van der Waals surface area contributed by atoms with Crippen molar-refractivity contribution in [1.29, 1.82) is 0 Å². The molecular formula is C19H17N3OS. The Hall–Kier alpha value is -2.92. The maximum absolute atomic E-state index is 5.31. The standard InChI is InChI=1S/C19H17N3OS/c1-23-18-12-5-3-8-15(18)13-20-22-19(24)21-17-11-6-9-14-7-2-4-10-16(14)17/h2-13H,1H3,(H2,21,22,24). The highest BCUT2D eigenvalue weighted by molar-refractivity contribution is 7.80. The summed E-state index contributed by atoms with van der Waals surface area (Å²) < 4.78 is 5.28. The Bertz CT molecular complexity index is 887. The summed E-state index contributed by atoms with van der Waals surface area (Å²) in [5.41, 5.74) is 4.65. The Morgan fingerprint density at radius 2 is 1.75 bits per heavy atom. The number of nitrogens with one attached hydrogen (secondary N) is 2. The van der Waals surface area contributed by atoms with E-state index in [2.05, 4.69) is 34.0 Å². The molecule has 3 aromatic carbocycles. The Morgan fingerprint density at radius 3 is 2.62 bits per heavy atom. The number of nitrogens with zero attached hydrogens (tertiary/aromatic N) is 1. The van der Waals surface area contributed by atoms with Crippen LogP contribution in [0, 0.1) is 0 Å². The van der Waals surface area contributed by atoms with Gasteiger partial charge in [0.15, 0.2) is 5.11 Å². The summed E-state index contributed by atoms with van der Waals surface area (Å²) in [6.07, 6.45) is 1.68. The first-order valence-electron chi connectivity index (χ1n) is 7.49. The van der Waals surface area contributed by atoms with Crippen molar-refractivity contribution >= 4 is 40.0 Å². The number of hydrogen-bond acceptors (Lipinski definition) is 3. The van der Waals surface area contributed by atoms with E-state index < -0.39 is 0 Å². The fraction of sp³-hybridized carbons (Fsp3) is 0.0526. The molecule has 0 spiro atoms. The Morgan fingerprint density at radius 1 is 1.00 bits per heavy atom. The number of rotatable bonds is 4. The highest BCUT2D eigenvalue weighted by atomic mass is 32.1. The van der Waals surface area contributed by atoms with Gasteiger partial charge in [-0.05, 0) is 35.8 Å². The number of thiocarbonyl (C=S) groups is 1. The van der Waals surface area contributed by atoms with Crippen LogP contribution in [0.3, 0.4) is 0 Å². The molecular weight excluding hydrogens is 318 g/mol. The molecule has 0 fully saturated rings. The van der Waals surface area contributed by atoms with Crippen LogP contribution < -0.4 is 15.5 Å². The van der Waals surface area contributed by atoms with Gasteiger partial charge in [-0.1, -0.05) is 48.5 Å². The molecule has 5 heteroatoms. The highest BCUT2D eigenvalue weighted by Crippen LogP contribution is 2.22. The van der Waals surface area contributed by atoms with Crippen molar-refractivity contribution in [3.05, 3.63) is 72.3 Å². The molecule has 0 atom stereocenters. The van der Waals surface area contributed by atoms with Gasteiger partial charge < -0.3 is 10.1 Å². The van der Waals surface area contributed by atoms with Crippen molar-refractivity contribution in [2.45, 2.75) is 0 Å². The van der Waals surface area contributed by atoms with E-state index in [1.807, 2.05) is 48.5 Å². The fourth-order valence-corrected chi connectivity index (χ4v) is 2.58. The van der Waals surface area contributed by atoms with Crippen molar-refractivity contribution in [2.24, 2.45) is 5.10 Å². The van der Waals surface area contributed by atoms with E-state index in [-0.39, 0.29) is 0 Å². The third-order valence-corrected chi connectivity index (χ3v) is 3.74. The van der Waals surface area contributed by atoms with Gasteiger partial charge in [0.25, 0.3) is 0 Å². The largest absolute Gasteiger partial charge is 0.496 e. The zero-order chi connectivity index (χ0) is 16.8. The van der Waals surface area contributed by atoms with Gasteiger partial charge in [-0.25, -0.2) is 0 Å². The highest BCUT2D eigenvalue weighted by Gasteiger charge is 2.02. The van der Waals surface area contributed by atoms with E-state index in [9.17, 15) is 0 Å². The third kappa shape index (κ3) is 3.70. The van der Waals surface area contributed by atoms with Gasteiger partial charge in [0, 0.05) is 16.6 Å². The summed E-state index contributed by atoms with van der Waals surface area (Å²) in [4.78, 5) is 0. The van der Waals surface area contributed by atoms with E-state index in [0.717, 1.165) is 27.8 Å². The van der Waals surface area contributed by atoms with Crippen LogP contribution in [0.1, 0.15) is 5.56 Å². The van der Waals surface area contributed by atoms with Gasteiger partial charge in [-0.3, -0.25) is 5.43 Å². The normalized spacial score (nSPS) is 10.7. The monoisotopic (exact) mass is 335 g/mol. The number of methoxy groups -OCH3 is 1. The maximum Gasteiger partial charge on any atom is 0.191 e. The van der Waals surface area contributed by atoms with Crippen LogP contribution >= 0.6 is 12.2 Å². The molecule has 120 valence electrons. The summed E-state index contributed by atoms with van der Waals surface area (Å²) in [6, 6.07) is 21.8. The van der Waals surface area contributed by atoms with Crippen LogP contribution in [0.4, 0.5) is 5.69 Å². The average molecular weight is 335 g/mol. The summed E-state index contributed by atoms with van der Waals surface area (Å²) in [5, 5.41) is 10.0. The van der Waals surface area contributed by atoms with Crippen LogP contribution in [0.25, 0.3) is 10.8 Å². The predicted octanol–water partition coefficient (Wildman–Crippen LogP) is 4.17. The summed E-state index contributed by atoms with van der Waals surface area (Å²) in [6.45, 7) is 0. The average Bonchev–Trinajstić information content (AvgIpc) is 2.62. The molecule has 0 aromatic heterocycles. The van der Waals surface area contributed by atoms with Crippen LogP contribution in [-0.2, 0) is 0 Å². The molecule has 0 saturated heterocycles. The number of fused-ring (bicyclic) bond motifs is 1. The zero-order valence-electron chi connectivity index (χ0n) is 13.2. The van der Waals surface area contributed by atoms with E-state index in [4.69, 9.17) is 17.0 Å². The molecule has 24 heavy (non-hydrogen) atoms. The minimum absolute atomic E-state index is 0.428. The summed E-state index contributed by atoms with van der Waals surface area (Å²) in [7, 11) is 1.63. The van der Waals surface area contributed by atoms with Gasteiger partial charge in [-0.15, -0.1) is 0 Å². The van der Waals surface area contributed by atoms with E-state index in [1.165, 1.54) is 0 Å². The lowest BCUT2D eigenvalue weighted by Crippen LogP contribution is -2.24. The fourth-order valence-electron chi connectivity index (χ4n) is 2.42. The summed E-state index contributed by atoms with van der Waals surface area (Å²) >= 11 is 5.31. The third-order valence-electron chi connectivity index (χ3n) is 3.55. The molecule has 4 nitrogen and oxygen atoms in total. The summed E-state index contributed by atoms with van der Waals surface area (Å²) in [5.74, 6) is 0.760. The molecule has 0 aliphatic rings. The molecule has 0 radical (unpaired) electrons. The quantitative estimate of drug-likeness (QED) is 0.427. The molecule has 0 amide bonds. The van der Waals surface area contributed by atoms with E-state index in [0.29, 0.717) is 5.11 Å². The van der Waals surface area contributed by atoms with E-state index in [1.54, 1.807) is 13.3 Å². The van der Waals surface area contributed by atoms with Crippen LogP contribution in [0.2, 0.25) is 0 Å². The minimum Gasteiger partial charge on any atom is -0.496 e. The molecule has 0 unspecified atom stereocenters. The maximum atomic E-state index is 5.31. The molecule has 3 aromatic rings. The Kier molecular flexibility index (Phi) is 5.03. The van der Waals surface area contributed by atoms with E-state index >= 15 is 0 Å². The number of hydrogen-bond donors (Lipinski definition) is 2. The number of ether oxygens (including phenoxy) is 1. The first-order chi connectivity index (χ1) is 11.8. The number of benzene rings is 3. The van der Waals surface area contributed by atoms with Gasteiger partial charge in [0.2, 0.25) is 0 Å². The van der Waals surface area contributed by atoms with Gasteiger partial charge >= 0.3 is 0 Å². The molecule has 0 aliphatic carbocycles.